The quantitative estimate of drug-likeness (QED) is 0.168. The first kappa shape index (κ1) is 35.0. The standard InChI is InChI=1S/C16H15F5N4O2.C14H14ClFN4O/c17-11-5-9(1-2-10(11)13-7-22-3-4-26-13)24-15-23-6-12(18)14(25-15)27-8-16(19,20)21;15-9-6-18-14(19-7-9)20-10-1-2-11(12(16)5-10)13-8-17-3-4-21-13/h1-2,5-6,13,22H,3-4,7-8H2,(H,23,24,25);1-2,5-7,13,17H,3-4,8H2,(H,18,19,20)/t2*13-/m00/s1. The molecule has 4 aromatic rings. The Morgan fingerprint density at radius 1 is 0.771 bits per heavy atom. The molecule has 2 aromatic heterocycles. The van der Waals surface area contributed by atoms with Crippen LogP contribution in [0.5, 0.6) is 5.88 Å². The monoisotopic (exact) mass is 698 g/mol. The Morgan fingerprint density at radius 2 is 1.29 bits per heavy atom. The molecular formula is C30H29ClF6N8O3. The Hall–Kier alpha value is -4.29. The van der Waals surface area contributed by atoms with Gasteiger partial charge < -0.3 is 35.5 Å². The Kier molecular flexibility index (Phi) is 11.8. The van der Waals surface area contributed by atoms with Crippen LogP contribution in [0.15, 0.2) is 55.0 Å². The normalized spacial score (nSPS) is 18.0. The molecule has 2 aromatic carbocycles. The second kappa shape index (κ2) is 16.2. The molecule has 4 N–H and O–H groups in total. The van der Waals surface area contributed by atoms with Gasteiger partial charge in [0.2, 0.25) is 17.7 Å². The number of morpholine rings is 2. The van der Waals surface area contributed by atoms with Gasteiger partial charge in [0.05, 0.1) is 49.0 Å². The van der Waals surface area contributed by atoms with Gasteiger partial charge in [0.25, 0.3) is 5.88 Å². The first-order chi connectivity index (χ1) is 23.0. The number of aromatic nitrogens is 4. The maximum Gasteiger partial charge on any atom is 0.422 e. The molecule has 4 heterocycles. The van der Waals surface area contributed by atoms with E-state index in [0.717, 1.165) is 12.6 Å². The Morgan fingerprint density at radius 3 is 1.77 bits per heavy atom. The highest BCUT2D eigenvalue weighted by atomic mass is 35.5. The van der Waals surface area contributed by atoms with Crippen LogP contribution in [0.25, 0.3) is 0 Å². The maximum atomic E-state index is 14.3. The van der Waals surface area contributed by atoms with Crippen molar-refractivity contribution in [3.05, 3.63) is 88.6 Å². The van der Waals surface area contributed by atoms with Crippen LogP contribution in [0.1, 0.15) is 23.3 Å². The zero-order valence-electron chi connectivity index (χ0n) is 25.0. The van der Waals surface area contributed by atoms with Crippen LogP contribution in [-0.2, 0) is 9.47 Å². The van der Waals surface area contributed by atoms with E-state index in [0.29, 0.717) is 66.8 Å². The van der Waals surface area contributed by atoms with Gasteiger partial charge in [-0.05, 0) is 24.3 Å². The van der Waals surface area contributed by atoms with Crippen molar-refractivity contribution in [3.8, 4) is 5.88 Å². The van der Waals surface area contributed by atoms with Gasteiger partial charge >= 0.3 is 6.18 Å². The summed E-state index contributed by atoms with van der Waals surface area (Å²) in [5.74, 6) is -2.73. The van der Waals surface area contributed by atoms with Gasteiger partial charge in [0.1, 0.15) is 11.6 Å². The summed E-state index contributed by atoms with van der Waals surface area (Å²) in [4.78, 5) is 15.1. The van der Waals surface area contributed by atoms with Crippen molar-refractivity contribution in [1.82, 2.24) is 30.6 Å². The minimum atomic E-state index is -4.64. The van der Waals surface area contributed by atoms with E-state index in [1.54, 1.807) is 12.1 Å². The van der Waals surface area contributed by atoms with Gasteiger partial charge in [-0.1, -0.05) is 23.7 Å². The van der Waals surface area contributed by atoms with Crippen LogP contribution >= 0.6 is 11.6 Å². The highest BCUT2D eigenvalue weighted by molar-refractivity contribution is 6.30. The van der Waals surface area contributed by atoms with Gasteiger partial charge in [-0.25, -0.2) is 23.7 Å². The van der Waals surface area contributed by atoms with Crippen LogP contribution in [0, 0.1) is 17.5 Å². The number of hydrogen-bond donors (Lipinski definition) is 4. The summed E-state index contributed by atoms with van der Waals surface area (Å²) < 4.78 is 93.9. The van der Waals surface area contributed by atoms with E-state index in [-0.39, 0.29) is 23.6 Å². The molecule has 0 unspecified atom stereocenters. The lowest BCUT2D eigenvalue weighted by Crippen LogP contribution is -2.33. The Bertz CT molecular complexity index is 1660. The summed E-state index contributed by atoms with van der Waals surface area (Å²) in [7, 11) is 0. The van der Waals surface area contributed by atoms with E-state index < -0.39 is 36.4 Å². The maximum absolute atomic E-state index is 14.3. The molecule has 11 nitrogen and oxygen atoms in total. The average molecular weight is 699 g/mol. The van der Waals surface area contributed by atoms with Gasteiger partial charge in [-0.3, -0.25) is 0 Å². The largest absolute Gasteiger partial charge is 0.466 e. The number of hydrogen-bond acceptors (Lipinski definition) is 11. The molecule has 0 bridgehead atoms. The fourth-order valence-electron chi connectivity index (χ4n) is 4.56. The van der Waals surface area contributed by atoms with Gasteiger partial charge in [-0.2, -0.15) is 22.5 Å². The van der Waals surface area contributed by atoms with Gasteiger partial charge in [-0.15, -0.1) is 0 Å². The molecule has 256 valence electrons. The fraction of sp³-hybridized carbons (Fsp3) is 0.333. The number of alkyl halides is 3. The highest BCUT2D eigenvalue weighted by Gasteiger charge is 2.29. The lowest BCUT2D eigenvalue weighted by Gasteiger charge is -2.24. The molecule has 6 rings (SSSR count). The first-order valence-corrected chi connectivity index (χ1v) is 14.9. The summed E-state index contributed by atoms with van der Waals surface area (Å²) in [6.45, 7) is 1.94. The van der Waals surface area contributed by atoms with Gasteiger partial charge in [0, 0.05) is 48.7 Å². The third-order valence-electron chi connectivity index (χ3n) is 6.77. The summed E-state index contributed by atoms with van der Waals surface area (Å²) in [6, 6.07) is 9.10. The molecular weight excluding hydrogens is 670 g/mol. The van der Waals surface area contributed by atoms with Crippen molar-refractivity contribution >= 4 is 34.9 Å². The molecule has 48 heavy (non-hydrogen) atoms. The molecule has 0 spiro atoms. The molecule has 2 fully saturated rings. The van der Waals surface area contributed by atoms with E-state index in [9.17, 15) is 26.3 Å². The summed E-state index contributed by atoms with van der Waals surface area (Å²) in [6.07, 6.45) is -1.70. The van der Waals surface area contributed by atoms with E-state index in [1.165, 1.54) is 30.6 Å². The van der Waals surface area contributed by atoms with Crippen LogP contribution in [0.3, 0.4) is 0 Å². The van der Waals surface area contributed by atoms with Crippen molar-refractivity contribution in [2.24, 2.45) is 0 Å². The molecule has 18 heteroatoms. The second-order valence-electron chi connectivity index (χ2n) is 10.3. The molecule has 2 atom stereocenters. The molecule has 2 aliphatic heterocycles. The number of halogens is 7. The lowest BCUT2D eigenvalue weighted by atomic mass is 10.1. The molecule has 2 aliphatic rings. The van der Waals surface area contributed by atoms with E-state index in [4.69, 9.17) is 21.1 Å². The number of nitrogens with one attached hydrogen (secondary N) is 4. The number of ether oxygens (including phenoxy) is 3. The second-order valence-corrected chi connectivity index (χ2v) is 10.8. The van der Waals surface area contributed by atoms with E-state index in [2.05, 4.69) is 45.9 Å². The van der Waals surface area contributed by atoms with Crippen molar-refractivity contribution in [2.45, 2.75) is 18.4 Å². The Labute approximate surface area is 275 Å². The van der Waals surface area contributed by atoms with Crippen molar-refractivity contribution < 1.29 is 40.6 Å². The van der Waals surface area contributed by atoms with Crippen LogP contribution < -0.4 is 26.0 Å². The predicted molar refractivity (Wildman–Crippen MR) is 163 cm³/mol. The minimum Gasteiger partial charge on any atom is -0.466 e. The lowest BCUT2D eigenvalue weighted by molar-refractivity contribution is -0.154. The van der Waals surface area contributed by atoms with Crippen molar-refractivity contribution in [3.63, 3.8) is 0 Å². The van der Waals surface area contributed by atoms with Crippen LogP contribution in [0.2, 0.25) is 5.02 Å². The Balaban J connectivity index is 0.000000194. The third kappa shape index (κ3) is 10.1. The number of nitrogens with zero attached hydrogens (tertiary/aromatic N) is 4. The van der Waals surface area contributed by atoms with Crippen LogP contribution in [-0.4, -0.2) is 72.1 Å². The smallest absolute Gasteiger partial charge is 0.422 e. The zero-order valence-corrected chi connectivity index (χ0v) is 25.7. The third-order valence-corrected chi connectivity index (χ3v) is 6.96. The summed E-state index contributed by atoms with van der Waals surface area (Å²) in [5, 5.41) is 12.2. The average Bonchev–Trinajstić information content (AvgIpc) is 3.07. The first-order valence-electron chi connectivity index (χ1n) is 14.5. The van der Waals surface area contributed by atoms with Crippen molar-refractivity contribution in [1.29, 1.82) is 0 Å². The molecule has 0 amide bonds. The van der Waals surface area contributed by atoms with Crippen LogP contribution in [0.4, 0.5) is 49.6 Å². The van der Waals surface area contributed by atoms with E-state index >= 15 is 0 Å². The molecule has 0 saturated carbocycles. The number of rotatable bonds is 8. The van der Waals surface area contributed by atoms with E-state index in [1.807, 2.05) is 0 Å². The molecule has 2 saturated heterocycles. The zero-order chi connectivity index (χ0) is 34.1. The predicted octanol–water partition coefficient (Wildman–Crippen LogP) is 5.77. The number of anilines is 4. The van der Waals surface area contributed by atoms with Gasteiger partial charge in [0.15, 0.2) is 6.61 Å². The summed E-state index contributed by atoms with van der Waals surface area (Å²) >= 11 is 5.71. The topological polar surface area (TPSA) is 127 Å². The van der Waals surface area contributed by atoms with Crippen molar-refractivity contribution in [2.75, 3.05) is 56.6 Å². The minimum absolute atomic E-state index is 0.230. The molecule has 0 radical (unpaired) electrons. The highest BCUT2D eigenvalue weighted by Crippen LogP contribution is 2.27. The summed E-state index contributed by atoms with van der Waals surface area (Å²) in [5.41, 5.74) is 1.71. The number of benzene rings is 2. The fourth-order valence-corrected chi connectivity index (χ4v) is 4.66. The SMILES string of the molecule is Fc1cc(Nc2ncc(Cl)cn2)ccc1[C@@H]1CNCCO1.Fc1cc(Nc2ncc(F)c(OCC(F)(F)F)n2)ccc1[C@@H]1CNCCO1. The molecule has 0 aliphatic carbocycles.